The van der Waals surface area contributed by atoms with Gasteiger partial charge in [-0.25, -0.2) is 4.98 Å². The number of methoxy groups -OCH3 is 2. The Balaban J connectivity index is 1.76. The van der Waals surface area contributed by atoms with Crippen LogP contribution in [0.4, 0.5) is 5.82 Å². The second kappa shape index (κ2) is 8.41. The van der Waals surface area contributed by atoms with Gasteiger partial charge in [0.25, 0.3) is 5.91 Å². The number of hydrogen-bond donors (Lipinski definition) is 0. The van der Waals surface area contributed by atoms with E-state index in [1.165, 1.54) is 0 Å². The first-order valence-electron chi connectivity index (χ1n) is 8.79. The number of benzene rings is 1. The molecule has 1 aliphatic heterocycles. The van der Waals surface area contributed by atoms with Crippen molar-refractivity contribution in [2.75, 3.05) is 45.3 Å². The lowest BCUT2D eigenvalue weighted by molar-refractivity contribution is 0.0763. The van der Waals surface area contributed by atoms with Crippen molar-refractivity contribution < 1.29 is 14.3 Å². The van der Waals surface area contributed by atoms with Crippen molar-refractivity contribution in [1.82, 2.24) is 9.88 Å². The number of nitrogens with zero attached hydrogens (tertiary/aromatic N) is 4. The molecule has 7 nitrogen and oxygen atoms in total. The lowest BCUT2D eigenvalue weighted by atomic mass is 10.1. The second-order valence-corrected chi connectivity index (χ2v) is 6.19. The van der Waals surface area contributed by atoms with Crippen LogP contribution in [0, 0.1) is 11.3 Å². The molecule has 0 spiro atoms. The molecule has 1 saturated heterocycles. The highest BCUT2D eigenvalue weighted by atomic mass is 16.5. The van der Waals surface area contributed by atoms with Crippen LogP contribution in [0.15, 0.2) is 36.5 Å². The second-order valence-electron chi connectivity index (χ2n) is 6.19. The molecule has 7 heteroatoms. The standard InChI is InChI=1S/C20H22N4O3/c1-26-16-6-7-17(18(13-16)27-2)20(25)24-10-4-9-23(11-12-24)19-15(14-21)5-3-8-22-19/h3,5-8,13H,4,9-12H2,1-2H3. The maximum atomic E-state index is 13.0. The first-order valence-corrected chi connectivity index (χ1v) is 8.79. The van der Waals surface area contributed by atoms with Crippen molar-refractivity contribution in [1.29, 1.82) is 5.26 Å². The summed E-state index contributed by atoms with van der Waals surface area (Å²) in [7, 11) is 3.12. The van der Waals surface area contributed by atoms with E-state index in [1.54, 1.807) is 50.7 Å². The molecule has 1 amide bonds. The third-order valence-corrected chi connectivity index (χ3v) is 4.63. The molecule has 1 aromatic carbocycles. The minimum atomic E-state index is -0.0714. The van der Waals surface area contributed by atoms with Gasteiger partial charge in [0.05, 0.1) is 25.3 Å². The van der Waals surface area contributed by atoms with Gasteiger partial charge in [0.1, 0.15) is 23.4 Å². The third-order valence-electron chi connectivity index (χ3n) is 4.63. The van der Waals surface area contributed by atoms with E-state index in [-0.39, 0.29) is 5.91 Å². The van der Waals surface area contributed by atoms with Crippen molar-refractivity contribution in [3.63, 3.8) is 0 Å². The van der Waals surface area contributed by atoms with Crippen molar-refractivity contribution in [3.05, 3.63) is 47.7 Å². The minimum Gasteiger partial charge on any atom is -0.497 e. The Bertz CT molecular complexity index is 863. The molecule has 0 atom stereocenters. The number of anilines is 1. The number of hydrogen-bond acceptors (Lipinski definition) is 6. The fourth-order valence-corrected chi connectivity index (χ4v) is 3.21. The number of carbonyl (C=O) groups is 1. The molecular formula is C20H22N4O3. The summed E-state index contributed by atoms with van der Waals surface area (Å²) in [4.78, 5) is 21.3. The zero-order valence-electron chi connectivity index (χ0n) is 15.5. The summed E-state index contributed by atoms with van der Waals surface area (Å²) in [6.07, 6.45) is 2.48. The van der Waals surface area contributed by atoms with Crippen LogP contribution >= 0.6 is 0 Å². The highest BCUT2D eigenvalue weighted by Gasteiger charge is 2.24. The Hall–Kier alpha value is -3.27. The van der Waals surface area contributed by atoms with Crippen LogP contribution in [-0.2, 0) is 0 Å². The SMILES string of the molecule is COc1ccc(C(=O)N2CCCN(c3ncccc3C#N)CC2)c(OC)c1. The quantitative estimate of drug-likeness (QED) is 0.826. The molecular weight excluding hydrogens is 344 g/mol. The van der Waals surface area contributed by atoms with Crippen molar-refractivity contribution >= 4 is 11.7 Å². The van der Waals surface area contributed by atoms with Gasteiger partial charge < -0.3 is 19.3 Å². The molecule has 3 rings (SSSR count). The van der Waals surface area contributed by atoms with Crippen LogP contribution in [0.1, 0.15) is 22.3 Å². The summed E-state index contributed by atoms with van der Waals surface area (Å²) in [5.74, 6) is 1.75. The van der Waals surface area contributed by atoms with Crippen LogP contribution < -0.4 is 14.4 Å². The summed E-state index contributed by atoms with van der Waals surface area (Å²) in [5.41, 5.74) is 1.07. The molecule has 1 aliphatic rings. The van der Waals surface area contributed by atoms with Crippen LogP contribution in [0.3, 0.4) is 0 Å². The Kier molecular flexibility index (Phi) is 5.77. The summed E-state index contributed by atoms with van der Waals surface area (Å²) in [6, 6.07) is 10.9. The number of ether oxygens (including phenoxy) is 2. The lowest BCUT2D eigenvalue weighted by Gasteiger charge is -2.24. The van der Waals surface area contributed by atoms with Gasteiger partial charge in [-0.15, -0.1) is 0 Å². The molecule has 0 N–H and O–H groups in total. The van der Waals surface area contributed by atoms with Crippen molar-refractivity contribution in [2.45, 2.75) is 6.42 Å². The minimum absolute atomic E-state index is 0.0714. The van der Waals surface area contributed by atoms with Gasteiger partial charge in [-0.05, 0) is 30.7 Å². The van der Waals surface area contributed by atoms with E-state index in [0.29, 0.717) is 48.1 Å². The fourth-order valence-electron chi connectivity index (χ4n) is 3.21. The Morgan fingerprint density at radius 1 is 1.15 bits per heavy atom. The van der Waals surface area contributed by atoms with E-state index in [1.807, 2.05) is 4.90 Å². The van der Waals surface area contributed by atoms with Gasteiger partial charge in [-0.2, -0.15) is 5.26 Å². The predicted octanol–water partition coefficient (Wildman–Crippen LogP) is 2.32. The molecule has 2 aromatic rings. The molecule has 2 heterocycles. The Morgan fingerprint density at radius 3 is 2.74 bits per heavy atom. The Morgan fingerprint density at radius 2 is 2.00 bits per heavy atom. The van der Waals surface area contributed by atoms with E-state index >= 15 is 0 Å². The first-order chi connectivity index (χ1) is 13.2. The molecule has 1 aromatic heterocycles. The highest BCUT2D eigenvalue weighted by Crippen LogP contribution is 2.26. The van der Waals surface area contributed by atoms with E-state index in [9.17, 15) is 10.1 Å². The monoisotopic (exact) mass is 366 g/mol. The molecule has 140 valence electrons. The van der Waals surface area contributed by atoms with E-state index < -0.39 is 0 Å². The van der Waals surface area contributed by atoms with Crippen LogP contribution in [-0.4, -0.2) is 56.2 Å². The van der Waals surface area contributed by atoms with Crippen molar-refractivity contribution in [3.8, 4) is 17.6 Å². The maximum Gasteiger partial charge on any atom is 0.257 e. The summed E-state index contributed by atoms with van der Waals surface area (Å²) >= 11 is 0. The van der Waals surface area contributed by atoms with Gasteiger partial charge in [-0.3, -0.25) is 4.79 Å². The topological polar surface area (TPSA) is 78.7 Å². The number of pyridine rings is 1. The predicted molar refractivity (Wildman–Crippen MR) is 101 cm³/mol. The molecule has 27 heavy (non-hydrogen) atoms. The smallest absolute Gasteiger partial charge is 0.257 e. The summed E-state index contributed by atoms with van der Waals surface area (Å²) in [6.45, 7) is 2.56. The van der Waals surface area contributed by atoms with Crippen LogP contribution in [0.2, 0.25) is 0 Å². The van der Waals surface area contributed by atoms with E-state index in [4.69, 9.17) is 9.47 Å². The number of aromatic nitrogens is 1. The molecule has 0 radical (unpaired) electrons. The summed E-state index contributed by atoms with van der Waals surface area (Å²) in [5, 5.41) is 9.30. The zero-order chi connectivity index (χ0) is 19.2. The zero-order valence-corrected chi connectivity index (χ0v) is 15.5. The van der Waals surface area contributed by atoms with E-state index in [2.05, 4.69) is 16.0 Å². The maximum absolute atomic E-state index is 13.0. The molecule has 1 fully saturated rings. The lowest BCUT2D eigenvalue weighted by Crippen LogP contribution is -2.35. The average Bonchev–Trinajstić information content (AvgIpc) is 2.98. The largest absolute Gasteiger partial charge is 0.497 e. The van der Waals surface area contributed by atoms with Crippen LogP contribution in [0.25, 0.3) is 0 Å². The van der Waals surface area contributed by atoms with Crippen LogP contribution in [0.5, 0.6) is 11.5 Å². The number of amides is 1. The fraction of sp³-hybridized carbons (Fsp3) is 0.350. The van der Waals surface area contributed by atoms with Gasteiger partial charge in [-0.1, -0.05) is 0 Å². The Labute approximate surface area is 158 Å². The molecule has 0 unspecified atom stereocenters. The number of rotatable bonds is 4. The molecule has 0 bridgehead atoms. The number of carbonyl (C=O) groups excluding carboxylic acids is 1. The number of nitriles is 1. The molecule has 0 saturated carbocycles. The van der Waals surface area contributed by atoms with E-state index in [0.717, 1.165) is 13.0 Å². The average molecular weight is 366 g/mol. The first kappa shape index (κ1) is 18.5. The summed E-state index contributed by atoms with van der Waals surface area (Å²) < 4.78 is 10.6. The normalized spacial score (nSPS) is 14.3. The van der Waals surface area contributed by atoms with Crippen molar-refractivity contribution in [2.24, 2.45) is 0 Å². The highest BCUT2D eigenvalue weighted by molar-refractivity contribution is 5.97. The third kappa shape index (κ3) is 3.95. The van der Waals surface area contributed by atoms with Gasteiger partial charge in [0.2, 0.25) is 0 Å². The molecule has 0 aliphatic carbocycles. The van der Waals surface area contributed by atoms with Gasteiger partial charge in [0.15, 0.2) is 0 Å². The van der Waals surface area contributed by atoms with Gasteiger partial charge in [0, 0.05) is 38.4 Å². The van der Waals surface area contributed by atoms with Gasteiger partial charge >= 0.3 is 0 Å².